The van der Waals surface area contributed by atoms with Gasteiger partial charge in [0, 0.05) is 12.6 Å². The lowest BCUT2D eigenvalue weighted by Gasteiger charge is -2.16. The van der Waals surface area contributed by atoms with Crippen molar-refractivity contribution in [3.63, 3.8) is 0 Å². The Hall–Kier alpha value is -0.0800. The first kappa shape index (κ1) is 13.0. The minimum atomic E-state index is 0.623. The van der Waals surface area contributed by atoms with E-state index in [1.165, 1.54) is 45.1 Å². The van der Waals surface area contributed by atoms with E-state index in [1.54, 1.807) is 0 Å². The summed E-state index contributed by atoms with van der Waals surface area (Å²) in [6, 6.07) is 0.623. The maximum Gasteiger partial charge on any atom is 0.0164 e. The molecule has 0 aromatic carbocycles. The predicted octanol–water partition coefficient (Wildman–Crippen LogP) is 2.54. The largest absolute Gasteiger partial charge is 0.315 e. The van der Waals surface area contributed by atoms with Crippen LogP contribution in [0.4, 0.5) is 0 Å². The van der Waals surface area contributed by atoms with Crippen molar-refractivity contribution in [3.05, 3.63) is 0 Å². The van der Waals surface area contributed by atoms with Crippen LogP contribution in [0.3, 0.4) is 0 Å². The zero-order valence-corrected chi connectivity index (χ0v) is 10.5. The standard InChI is InChI=1S/C13H28N2/c1-3-9-14-11-12(2)15-10-8-13-6-4-5-7-13/h12-15H,3-11H2,1-2H3. The van der Waals surface area contributed by atoms with Crippen LogP contribution in [0.2, 0.25) is 0 Å². The van der Waals surface area contributed by atoms with Gasteiger partial charge in [-0.1, -0.05) is 32.6 Å². The molecule has 0 heterocycles. The molecule has 0 amide bonds. The van der Waals surface area contributed by atoms with Gasteiger partial charge >= 0.3 is 0 Å². The van der Waals surface area contributed by atoms with E-state index in [9.17, 15) is 0 Å². The van der Waals surface area contributed by atoms with Crippen LogP contribution in [0.5, 0.6) is 0 Å². The fourth-order valence-corrected chi connectivity index (χ4v) is 2.40. The van der Waals surface area contributed by atoms with Gasteiger partial charge in [-0.25, -0.2) is 0 Å². The second-order valence-corrected chi connectivity index (χ2v) is 5.00. The highest BCUT2D eigenvalue weighted by molar-refractivity contribution is 4.70. The molecule has 1 aliphatic rings. The van der Waals surface area contributed by atoms with E-state index in [-0.39, 0.29) is 0 Å². The molecule has 1 unspecified atom stereocenters. The van der Waals surface area contributed by atoms with Gasteiger partial charge in [0.05, 0.1) is 0 Å². The Morgan fingerprint density at radius 3 is 2.60 bits per heavy atom. The van der Waals surface area contributed by atoms with Crippen LogP contribution >= 0.6 is 0 Å². The third-order valence-electron chi connectivity index (χ3n) is 3.40. The van der Waals surface area contributed by atoms with Gasteiger partial charge in [-0.3, -0.25) is 0 Å². The van der Waals surface area contributed by atoms with Crippen molar-refractivity contribution in [2.24, 2.45) is 5.92 Å². The molecule has 1 aliphatic carbocycles. The maximum atomic E-state index is 3.61. The van der Waals surface area contributed by atoms with E-state index >= 15 is 0 Å². The van der Waals surface area contributed by atoms with Gasteiger partial charge in [-0.15, -0.1) is 0 Å². The van der Waals surface area contributed by atoms with Gasteiger partial charge in [0.1, 0.15) is 0 Å². The summed E-state index contributed by atoms with van der Waals surface area (Å²) in [6.07, 6.45) is 8.51. The number of hydrogen-bond acceptors (Lipinski definition) is 2. The van der Waals surface area contributed by atoms with Crippen LogP contribution in [0.1, 0.15) is 52.4 Å². The molecule has 0 aromatic heterocycles. The molecule has 0 radical (unpaired) electrons. The van der Waals surface area contributed by atoms with Gasteiger partial charge in [-0.2, -0.15) is 0 Å². The molecule has 0 aromatic rings. The highest BCUT2D eigenvalue weighted by atomic mass is 15.0. The monoisotopic (exact) mass is 212 g/mol. The average Bonchev–Trinajstić information content (AvgIpc) is 2.71. The summed E-state index contributed by atoms with van der Waals surface area (Å²) in [4.78, 5) is 0. The first-order valence-electron chi connectivity index (χ1n) is 6.77. The second-order valence-electron chi connectivity index (χ2n) is 5.00. The summed E-state index contributed by atoms with van der Waals surface area (Å²) in [6.45, 7) is 7.95. The third kappa shape index (κ3) is 6.16. The lowest BCUT2D eigenvalue weighted by atomic mass is 10.0. The Morgan fingerprint density at radius 1 is 1.20 bits per heavy atom. The van der Waals surface area contributed by atoms with Crippen molar-refractivity contribution in [2.75, 3.05) is 19.6 Å². The van der Waals surface area contributed by atoms with Gasteiger partial charge in [-0.05, 0) is 38.8 Å². The molecular weight excluding hydrogens is 184 g/mol. The Balaban J connectivity index is 1.89. The van der Waals surface area contributed by atoms with Crippen LogP contribution < -0.4 is 10.6 Å². The average molecular weight is 212 g/mol. The summed E-state index contributed by atoms with van der Waals surface area (Å²) in [7, 11) is 0. The van der Waals surface area contributed by atoms with Crippen molar-refractivity contribution in [1.29, 1.82) is 0 Å². The zero-order chi connectivity index (χ0) is 10.9. The van der Waals surface area contributed by atoms with Crippen LogP contribution in [0.25, 0.3) is 0 Å². The van der Waals surface area contributed by atoms with E-state index in [1.807, 2.05) is 0 Å². The fraction of sp³-hybridized carbons (Fsp3) is 1.00. The lowest BCUT2D eigenvalue weighted by Crippen LogP contribution is -2.37. The Bertz CT molecular complexity index is 141. The fourth-order valence-electron chi connectivity index (χ4n) is 2.40. The first-order chi connectivity index (χ1) is 7.33. The van der Waals surface area contributed by atoms with Gasteiger partial charge in [0.2, 0.25) is 0 Å². The SMILES string of the molecule is CCCNCC(C)NCCC1CCCC1. The van der Waals surface area contributed by atoms with Crippen LogP contribution in [0, 0.1) is 5.92 Å². The van der Waals surface area contributed by atoms with E-state index < -0.39 is 0 Å². The van der Waals surface area contributed by atoms with Crippen molar-refractivity contribution in [2.45, 2.75) is 58.4 Å². The summed E-state index contributed by atoms with van der Waals surface area (Å²) >= 11 is 0. The van der Waals surface area contributed by atoms with Gasteiger partial charge in [0.15, 0.2) is 0 Å². The Kier molecular flexibility index (Phi) is 7.03. The quantitative estimate of drug-likeness (QED) is 0.604. The topological polar surface area (TPSA) is 24.1 Å². The molecule has 1 saturated carbocycles. The molecule has 1 atom stereocenters. The van der Waals surface area contributed by atoms with E-state index in [2.05, 4.69) is 24.5 Å². The summed E-state index contributed by atoms with van der Waals surface area (Å²) < 4.78 is 0. The minimum Gasteiger partial charge on any atom is -0.315 e. The predicted molar refractivity (Wildman–Crippen MR) is 67.2 cm³/mol. The molecule has 2 N–H and O–H groups in total. The highest BCUT2D eigenvalue weighted by Crippen LogP contribution is 2.26. The molecule has 90 valence electrons. The Labute approximate surface area is 95.2 Å². The van der Waals surface area contributed by atoms with Gasteiger partial charge in [0.25, 0.3) is 0 Å². The minimum absolute atomic E-state index is 0.623. The highest BCUT2D eigenvalue weighted by Gasteiger charge is 2.14. The van der Waals surface area contributed by atoms with Crippen LogP contribution in [0.15, 0.2) is 0 Å². The molecule has 0 spiro atoms. The van der Waals surface area contributed by atoms with E-state index in [0.717, 1.165) is 19.0 Å². The number of nitrogens with one attached hydrogen (secondary N) is 2. The molecule has 0 saturated heterocycles. The van der Waals surface area contributed by atoms with Crippen molar-refractivity contribution in [3.8, 4) is 0 Å². The van der Waals surface area contributed by atoms with Crippen molar-refractivity contribution < 1.29 is 0 Å². The molecule has 1 rings (SSSR count). The van der Waals surface area contributed by atoms with Crippen molar-refractivity contribution in [1.82, 2.24) is 10.6 Å². The molecule has 0 bridgehead atoms. The van der Waals surface area contributed by atoms with Crippen LogP contribution in [-0.4, -0.2) is 25.7 Å². The second kappa shape index (κ2) is 8.12. The maximum absolute atomic E-state index is 3.61. The smallest absolute Gasteiger partial charge is 0.0164 e. The lowest BCUT2D eigenvalue weighted by molar-refractivity contribution is 0.438. The molecule has 0 aliphatic heterocycles. The summed E-state index contributed by atoms with van der Waals surface area (Å²) in [5.41, 5.74) is 0. The number of hydrogen-bond donors (Lipinski definition) is 2. The number of rotatable bonds is 8. The molecule has 2 heteroatoms. The Morgan fingerprint density at radius 2 is 1.93 bits per heavy atom. The van der Waals surface area contributed by atoms with E-state index in [0.29, 0.717) is 6.04 Å². The van der Waals surface area contributed by atoms with Crippen molar-refractivity contribution >= 4 is 0 Å². The molecule has 15 heavy (non-hydrogen) atoms. The normalized spacial score (nSPS) is 19.6. The summed E-state index contributed by atoms with van der Waals surface area (Å²) in [5, 5.41) is 7.06. The zero-order valence-electron chi connectivity index (χ0n) is 10.5. The molecule has 2 nitrogen and oxygen atoms in total. The molecule has 1 fully saturated rings. The van der Waals surface area contributed by atoms with E-state index in [4.69, 9.17) is 0 Å². The third-order valence-corrected chi connectivity index (χ3v) is 3.40. The van der Waals surface area contributed by atoms with Gasteiger partial charge < -0.3 is 10.6 Å². The first-order valence-corrected chi connectivity index (χ1v) is 6.77. The molecular formula is C13H28N2. The van der Waals surface area contributed by atoms with Crippen LogP contribution in [-0.2, 0) is 0 Å². The summed E-state index contributed by atoms with van der Waals surface area (Å²) in [5.74, 6) is 1.02.